The molecule has 1 heterocycles. The second-order valence-electron chi connectivity index (χ2n) is 9.40. The fourth-order valence-electron chi connectivity index (χ4n) is 4.16. The van der Waals surface area contributed by atoms with Gasteiger partial charge >= 0.3 is 0 Å². The largest absolute Gasteiger partial charge is 0.342 e. The Balaban J connectivity index is 1.58. The topological polar surface area (TPSA) is 113 Å². The van der Waals surface area contributed by atoms with Gasteiger partial charge in [0.2, 0.25) is 18.2 Å². The highest BCUT2D eigenvalue weighted by molar-refractivity contribution is 7.17. The lowest BCUT2D eigenvalue weighted by Gasteiger charge is -2.26. The van der Waals surface area contributed by atoms with E-state index in [4.69, 9.17) is 5.73 Å². The number of rotatable bonds is 10. The molecule has 0 aliphatic heterocycles. The molecule has 0 bridgehead atoms. The molecule has 0 spiro atoms. The Kier molecular flexibility index (Phi) is 7.67. The molecule has 8 heteroatoms. The van der Waals surface area contributed by atoms with Crippen molar-refractivity contribution in [3.63, 3.8) is 0 Å². The molecule has 0 aliphatic carbocycles. The second kappa shape index (κ2) is 10.9. The average molecular weight is 503 g/mol. The first-order chi connectivity index (χ1) is 17.3. The predicted molar refractivity (Wildman–Crippen MR) is 145 cm³/mol. The summed E-state index contributed by atoms with van der Waals surface area (Å²) in [5.74, 6) is -0.842. The minimum absolute atomic E-state index is 0.268. The van der Waals surface area contributed by atoms with E-state index in [2.05, 4.69) is 16.0 Å². The van der Waals surface area contributed by atoms with Crippen LogP contribution < -0.4 is 21.7 Å². The Morgan fingerprint density at radius 1 is 0.917 bits per heavy atom. The molecule has 0 saturated heterocycles. The molecule has 7 nitrogen and oxygen atoms in total. The first-order valence-corrected chi connectivity index (χ1v) is 12.7. The number of hydrogen-bond acceptors (Lipinski definition) is 5. The smallest absolute Gasteiger partial charge is 0.244 e. The monoisotopic (exact) mass is 502 g/mol. The normalized spacial score (nSPS) is 13.2. The van der Waals surface area contributed by atoms with Crippen LogP contribution in [-0.4, -0.2) is 36.0 Å². The number of carbonyl (C=O) groups excluding carboxylic acids is 3. The summed E-state index contributed by atoms with van der Waals surface area (Å²) in [7, 11) is 0. The van der Waals surface area contributed by atoms with Gasteiger partial charge in [-0.1, -0.05) is 60.7 Å². The molecule has 4 rings (SSSR count). The van der Waals surface area contributed by atoms with Crippen LogP contribution >= 0.6 is 11.3 Å². The highest BCUT2D eigenvalue weighted by Gasteiger charge is 2.29. The molecular weight excluding hydrogens is 472 g/mol. The van der Waals surface area contributed by atoms with Crippen LogP contribution in [0.3, 0.4) is 0 Å². The Morgan fingerprint density at radius 2 is 1.61 bits per heavy atom. The van der Waals surface area contributed by atoms with Gasteiger partial charge in [-0.05, 0) is 52.6 Å². The molecule has 4 aromatic rings. The minimum atomic E-state index is -1.16. The summed E-state index contributed by atoms with van der Waals surface area (Å²) in [6.07, 6.45) is 0.599. The molecule has 5 N–H and O–H groups in total. The zero-order valence-corrected chi connectivity index (χ0v) is 21.1. The van der Waals surface area contributed by atoms with Crippen molar-refractivity contribution in [2.45, 2.75) is 44.4 Å². The van der Waals surface area contributed by atoms with E-state index in [9.17, 15) is 14.4 Å². The maximum Gasteiger partial charge on any atom is 0.244 e. The van der Waals surface area contributed by atoms with E-state index in [-0.39, 0.29) is 6.42 Å². The standard InChI is InChI=1S/C28H30N4O3S/c1-28(2,29)27(35)31-23(14-19-10-7-9-18-8-3-4-11-21(18)19)26(34)32-25(30-17-33)15-20-16-36-24-13-6-5-12-22(20)24/h3-13,16-17,23,25H,14-15,29H2,1-2H3,(H,30,33)(H,31,35)(H,32,34)/t23-,25-/m1/s1. The van der Waals surface area contributed by atoms with Gasteiger partial charge in [0.15, 0.2) is 0 Å². The highest BCUT2D eigenvalue weighted by Crippen LogP contribution is 2.26. The lowest BCUT2D eigenvalue weighted by atomic mass is 9.97. The van der Waals surface area contributed by atoms with Gasteiger partial charge in [-0.25, -0.2) is 0 Å². The number of nitrogens with one attached hydrogen (secondary N) is 3. The summed E-state index contributed by atoms with van der Waals surface area (Å²) in [4.78, 5) is 37.6. The van der Waals surface area contributed by atoms with Crippen LogP contribution in [0.25, 0.3) is 20.9 Å². The van der Waals surface area contributed by atoms with Gasteiger partial charge < -0.3 is 21.7 Å². The number of carbonyl (C=O) groups is 3. The quantitative estimate of drug-likeness (QED) is 0.197. The minimum Gasteiger partial charge on any atom is -0.342 e. The first kappa shape index (κ1) is 25.3. The Labute approximate surface area is 214 Å². The van der Waals surface area contributed by atoms with Crippen molar-refractivity contribution in [1.29, 1.82) is 0 Å². The average Bonchev–Trinajstić information content (AvgIpc) is 3.26. The summed E-state index contributed by atoms with van der Waals surface area (Å²) in [6.45, 7) is 3.18. The van der Waals surface area contributed by atoms with Crippen LogP contribution in [0.1, 0.15) is 25.0 Å². The fraction of sp³-hybridized carbons (Fsp3) is 0.250. The van der Waals surface area contributed by atoms with Crippen molar-refractivity contribution >= 4 is 50.4 Å². The van der Waals surface area contributed by atoms with E-state index in [1.54, 1.807) is 25.2 Å². The van der Waals surface area contributed by atoms with Crippen LogP contribution in [0, 0.1) is 0 Å². The van der Waals surface area contributed by atoms with Crippen LogP contribution in [0.15, 0.2) is 72.1 Å². The SMILES string of the molecule is CC(C)(N)C(=O)N[C@H](Cc1cccc2ccccc12)C(=O)N[C@H](Cc1csc2ccccc12)NC=O. The number of amides is 3. The summed E-state index contributed by atoms with van der Waals surface area (Å²) >= 11 is 1.61. The summed E-state index contributed by atoms with van der Waals surface area (Å²) in [6, 6.07) is 20.9. The van der Waals surface area contributed by atoms with Crippen molar-refractivity contribution in [2.24, 2.45) is 5.73 Å². The van der Waals surface area contributed by atoms with Gasteiger partial charge in [0.05, 0.1) is 5.54 Å². The molecular formula is C28H30N4O3S. The molecule has 0 radical (unpaired) electrons. The lowest BCUT2D eigenvalue weighted by molar-refractivity contribution is -0.131. The summed E-state index contributed by atoms with van der Waals surface area (Å²) in [5.41, 5.74) is 6.79. The van der Waals surface area contributed by atoms with Gasteiger partial charge in [-0.3, -0.25) is 14.4 Å². The number of benzene rings is 3. The Hall–Kier alpha value is -3.75. The zero-order chi connectivity index (χ0) is 25.7. The van der Waals surface area contributed by atoms with Gasteiger partial charge in [0, 0.05) is 17.5 Å². The third-order valence-corrected chi connectivity index (χ3v) is 7.09. The van der Waals surface area contributed by atoms with E-state index in [0.29, 0.717) is 12.8 Å². The molecule has 36 heavy (non-hydrogen) atoms. The highest BCUT2D eigenvalue weighted by atomic mass is 32.1. The van der Waals surface area contributed by atoms with E-state index < -0.39 is 29.6 Å². The van der Waals surface area contributed by atoms with Crippen molar-refractivity contribution < 1.29 is 14.4 Å². The number of nitrogens with two attached hydrogens (primary N) is 1. The molecule has 1 aromatic heterocycles. The molecule has 2 atom stereocenters. The molecule has 0 fully saturated rings. The third-order valence-electron chi connectivity index (χ3n) is 6.08. The molecule has 0 saturated carbocycles. The third kappa shape index (κ3) is 5.90. The summed E-state index contributed by atoms with van der Waals surface area (Å²) < 4.78 is 1.13. The number of thiophene rings is 1. The van der Waals surface area contributed by atoms with Gasteiger partial charge in [-0.15, -0.1) is 11.3 Å². The van der Waals surface area contributed by atoms with E-state index >= 15 is 0 Å². The lowest BCUT2D eigenvalue weighted by Crippen LogP contribution is -2.59. The number of hydrogen-bond donors (Lipinski definition) is 4. The maximum absolute atomic E-state index is 13.5. The van der Waals surface area contributed by atoms with Crippen molar-refractivity contribution in [3.05, 3.63) is 83.2 Å². The van der Waals surface area contributed by atoms with E-state index in [0.717, 1.165) is 32.0 Å². The molecule has 0 aliphatic rings. The Morgan fingerprint density at radius 3 is 2.36 bits per heavy atom. The van der Waals surface area contributed by atoms with Gasteiger partial charge in [-0.2, -0.15) is 0 Å². The van der Waals surface area contributed by atoms with Crippen molar-refractivity contribution in [3.8, 4) is 0 Å². The van der Waals surface area contributed by atoms with Crippen LogP contribution in [-0.2, 0) is 27.2 Å². The van der Waals surface area contributed by atoms with Crippen LogP contribution in [0.4, 0.5) is 0 Å². The van der Waals surface area contributed by atoms with E-state index in [1.165, 1.54) is 0 Å². The summed E-state index contributed by atoms with van der Waals surface area (Å²) in [5, 5.41) is 13.6. The van der Waals surface area contributed by atoms with Crippen LogP contribution in [0.5, 0.6) is 0 Å². The second-order valence-corrected chi connectivity index (χ2v) is 10.3. The molecule has 3 amide bonds. The first-order valence-electron chi connectivity index (χ1n) is 11.8. The van der Waals surface area contributed by atoms with Crippen LogP contribution in [0.2, 0.25) is 0 Å². The number of fused-ring (bicyclic) bond motifs is 2. The predicted octanol–water partition coefficient (Wildman–Crippen LogP) is 3.25. The van der Waals surface area contributed by atoms with Crippen molar-refractivity contribution in [2.75, 3.05) is 0 Å². The molecule has 186 valence electrons. The van der Waals surface area contributed by atoms with Gasteiger partial charge in [0.1, 0.15) is 12.2 Å². The van der Waals surface area contributed by atoms with Gasteiger partial charge in [0.25, 0.3) is 0 Å². The van der Waals surface area contributed by atoms with E-state index in [1.807, 2.05) is 72.1 Å². The molecule has 3 aromatic carbocycles. The fourth-order valence-corrected chi connectivity index (χ4v) is 5.14. The maximum atomic E-state index is 13.5. The Bertz CT molecular complexity index is 1390. The van der Waals surface area contributed by atoms with Crippen molar-refractivity contribution in [1.82, 2.24) is 16.0 Å². The zero-order valence-electron chi connectivity index (χ0n) is 20.3. The molecule has 0 unspecified atom stereocenters.